The number of benzene rings is 2. The Bertz CT molecular complexity index is 977. The number of halogens is 2. The summed E-state index contributed by atoms with van der Waals surface area (Å²) in [7, 11) is 0. The highest BCUT2D eigenvalue weighted by molar-refractivity contribution is 9.10. The van der Waals surface area contributed by atoms with Gasteiger partial charge < -0.3 is 4.52 Å². The molecule has 0 saturated heterocycles. The Hall–Kier alpha value is -2.44. The van der Waals surface area contributed by atoms with E-state index < -0.39 is 0 Å². The summed E-state index contributed by atoms with van der Waals surface area (Å²) in [6.07, 6.45) is 1.67. The molecule has 2 heterocycles. The third-order valence-corrected chi connectivity index (χ3v) is 4.31. The fourth-order valence-electron chi connectivity index (χ4n) is 2.33. The molecule has 0 aliphatic rings. The number of hydrogen-bond donors (Lipinski definition) is 1. The number of nitrogens with one attached hydrogen (secondary N) is 1. The SMILES string of the molecule is Clc1ccc(-c2[nH]ncc2-c2nc(-c3ccc(Br)cc3)no2)cc1. The third-order valence-electron chi connectivity index (χ3n) is 3.53. The normalized spacial score (nSPS) is 10.9. The molecule has 24 heavy (non-hydrogen) atoms. The Morgan fingerprint density at radius 1 is 0.958 bits per heavy atom. The molecule has 0 unspecified atom stereocenters. The van der Waals surface area contributed by atoms with Gasteiger partial charge in [-0.1, -0.05) is 44.8 Å². The first-order valence-electron chi connectivity index (χ1n) is 7.10. The molecule has 1 N–H and O–H groups in total. The fraction of sp³-hybridized carbons (Fsp3) is 0. The summed E-state index contributed by atoms with van der Waals surface area (Å²) in [6.45, 7) is 0. The van der Waals surface area contributed by atoms with Gasteiger partial charge >= 0.3 is 0 Å². The molecule has 0 spiro atoms. The van der Waals surface area contributed by atoms with Crippen LogP contribution in [0.1, 0.15) is 0 Å². The van der Waals surface area contributed by atoms with Crippen molar-refractivity contribution in [2.45, 2.75) is 0 Å². The van der Waals surface area contributed by atoms with Crippen molar-refractivity contribution in [1.82, 2.24) is 20.3 Å². The van der Waals surface area contributed by atoms with E-state index in [1.165, 1.54) is 0 Å². The van der Waals surface area contributed by atoms with Gasteiger partial charge in [0.1, 0.15) is 0 Å². The number of nitrogens with zero attached hydrogens (tertiary/aromatic N) is 3. The van der Waals surface area contributed by atoms with E-state index in [1.807, 2.05) is 48.5 Å². The first-order chi connectivity index (χ1) is 11.7. The van der Waals surface area contributed by atoms with E-state index in [0.717, 1.165) is 26.9 Å². The zero-order chi connectivity index (χ0) is 16.5. The molecule has 0 radical (unpaired) electrons. The van der Waals surface area contributed by atoms with Crippen molar-refractivity contribution in [2.75, 3.05) is 0 Å². The van der Waals surface area contributed by atoms with Crippen LogP contribution in [0, 0.1) is 0 Å². The van der Waals surface area contributed by atoms with Gasteiger partial charge in [-0.2, -0.15) is 10.1 Å². The Kier molecular flexibility index (Phi) is 3.92. The molecule has 0 aliphatic carbocycles. The van der Waals surface area contributed by atoms with Gasteiger partial charge in [-0.3, -0.25) is 5.10 Å². The third kappa shape index (κ3) is 2.86. The van der Waals surface area contributed by atoms with E-state index >= 15 is 0 Å². The van der Waals surface area contributed by atoms with Gasteiger partial charge in [0.25, 0.3) is 5.89 Å². The second kappa shape index (κ2) is 6.22. The number of H-pyrrole nitrogens is 1. The van der Waals surface area contributed by atoms with Crippen molar-refractivity contribution in [3.05, 3.63) is 64.2 Å². The zero-order valence-corrected chi connectivity index (χ0v) is 14.5. The molecule has 2 aromatic heterocycles. The Balaban J connectivity index is 1.72. The lowest BCUT2D eigenvalue weighted by molar-refractivity contribution is 0.432. The van der Waals surface area contributed by atoms with E-state index in [4.69, 9.17) is 16.1 Å². The first kappa shape index (κ1) is 15.1. The van der Waals surface area contributed by atoms with E-state index in [2.05, 4.69) is 36.3 Å². The quantitative estimate of drug-likeness (QED) is 0.512. The standard InChI is InChI=1S/C17H10BrClN4O/c18-12-5-1-11(2-6-12)16-21-17(24-23-16)14-9-20-22-15(14)10-3-7-13(19)8-4-10/h1-9H,(H,20,22). The van der Waals surface area contributed by atoms with Crippen molar-refractivity contribution in [3.63, 3.8) is 0 Å². The van der Waals surface area contributed by atoms with Crippen molar-refractivity contribution in [2.24, 2.45) is 0 Å². The summed E-state index contributed by atoms with van der Waals surface area (Å²) in [5, 5.41) is 11.8. The number of aromatic amines is 1. The molecule has 4 rings (SSSR count). The predicted octanol–water partition coefficient (Wildman–Crippen LogP) is 5.21. The smallest absolute Gasteiger partial charge is 0.262 e. The van der Waals surface area contributed by atoms with E-state index in [9.17, 15) is 0 Å². The lowest BCUT2D eigenvalue weighted by Gasteiger charge is -2.00. The molecule has 0 bridgehead atoms. The minimum absolute atomic E-state index is 0.409. The maximum atomic E-state index is 5.94. The monoisotopic (exact) mass is 400 g/mol. The molecule has 7 heteroatoms. The number of rotatable bonds is 3. The molecule has 0 saturated carbocycles. The molecule has 0 fully saturated rings. The van der Waals surface area contributed by atoms with Gasteiger partial charge in [0, 0.05) is 20.6 Å². The molecule has 4 aromatic rings. The maximum absolute atomic E-state index is 5.94. The summed E-state index contributed by atoms with van der Waals surface area (Å²) >= 11 is 9.35. The van der Waals surface area contributed by atoms with Gasteiger partial charge in [0.15, 0.2) is 0 Å². The van der Waals surface area contributed by atoms with Crippen molar-refractivity contribution in [3.8, 4) is 34.1 Å². The molecule has 0 aliphatic heterocycles. The molecular formula is C17H10BrClN4O. The van der Waals surface area contributed by atoms with E-state index in [0.29, 0.717) is 16.7 Å². The second-order valence-electron chi connectivity index (χ2n) is 5.10. The summed E-state index contributed by atoms with van der Waals surface area (Å²) in [4.78, 5) is 4.48. The van der Waals surface area contributed by atoms with Crippen LogP contribution >= 0.6 is 27.5 Å². The van der Waals surface area contributed by atoms with Crippen molar-refractivity contribution >= 4 is 27.5 Å². The second-order valence-corrected chi connectivity index (χ2v) is 6.45. The van der Waals surface area contributed by atoms with Crippen LogP contribution in [0.3, 0.4) is 0 Å². The van der Waals surface area contributed by atoms with Gasteiger partial charge in [0.05, 0.1) is 17.5 Å². The van der Waals surface area contributed by atoms with Crippen LogP contribution in [-0.2, 0) is 0 Å². The molecule has 0 amide bonds. The van der Waals surface area contributed by atoms with E-state index in [-0.39, 0.29) is 0 Å². The number of hydrogen-bond acceptors (Lipinski definition) is 4. The minimum Gasteiger partial charge on any atom is -0.333 e. The molecule has 5 nitrogen and oxygen atoms in total. The van der Waals surface area contributed by atoms with Gasteiger partial charge in [-0.25, -0.2) is 0 Å². The Labute approximate surface area is 150 Å². The lowest BCUT2D eigenvalue weighted by atomic mass is 10.1. The van der Waals surface area contributed by atoms with Crippen LogP contribution in [0.2, 0.25) is 5.02 Å². The van der Waals surface area contributed by atoms with Crippen LogP contribution < -0.4 is 0 Å². The minimum atomic E-state index is 0.409. The number of aromatic nitrogens is 4. The average molecular weight is 402 g/mol. The first-order valence-corrected chi connectivity index (χ1v) is 8.27. The Morgan fingerprint density at radius 3 is 2.42 bits per heavy atom. The van der Waals surface area contributed by atoms with Gasteiger partial charge in [-0.15, -0.1) is 0 Å². The summed E-state index contributed by atoms with van der Waals surface area (Å²) in [5.74, 6) is 0.937. The highest BCUT2D eigenvalue weighted by Crippen LogP contribution is 2.31. The topological polar surface area (TPSA) is 67.6 Å². The highest BCUT2D eigenvalue weighted by atomic mass is 79.9. The van der Waals surface area contributed by atoms with Crippen LogP contribution in [0.25, 0.3) is 34.1 Å². The fourth-order valence-corrected chi connectivity index (χ4v) is 2.72. The Morgan fingerprint density at radius 2 is 1.67 bits per heavy atom. The predicted molar refractivity (Wildman–Crippen MR) is 95.5 cm³/mol. The van der Waals surface area contributed by atoms with Crippen LogP contribution in [-0.4, -0.2) is 20.3 Å². The molecule has 0 atom stereocenters. The largest absolute Gasteiger partial charge is 0.333 e. The van der Waals surface area contributed by atoms with E-state index in [1.54, 1.807) is 6.20 Å². The average Bonchev–Trinajstić information content (AvgIpc) is 3.25. The van der Waals surface area contributed by atoms with Crippen molar-refractivity contribution < 1.29 is 4.52 Å². The van der Waals surface area contributed by atoms with Crippen LogP contribution in [0.5, 0.6) is 0 Å². The zero-order valence-electron chi connectivity index (χ0n) is 12.2. The molecule has 118 valence electrons. The van der Waals surface area contributed by atoms with Crippen LogP contribution in [0.4, 0.5) is 0 Å². The van der Waals surface area contributed by atoms with Gasteiger partial charge in [0.2, 0.25) is 5.82 Å². The van der Waals surface area contributed by atoms with Crippen molar-refractivity contribution in [1.29, 1.82) is 0 Å². The molecular weight excluding hydrogens is 392 g/mol. The van der Waals surface area contributed by atoms with Gasteiger partial charge in [-0.05, 0) is 36.4 Å². The van der Waals surface area contributed by atoms with Crippen LogP contribution in [0.15, 0.2) is 63.7 Å². The lowest BCUT2D eigenvalue weighted by Crippen LogP contribution is -1.84. The summed E-state index contributed by atoms with van der Waals surface area (Å²) < 4.78 is 6.42. The molecule has 2 aromatic carbocycles. The summed E-state index contributed by atoms with van der Waals surface area (Å²) in [5.41, 5.74) is 3.37. The highest BCUT2D eigenvalue weighted by Gasteiger charge is 2.17. The summed E-state index contributed by atoms with van der Waals surface area (Å²) in [6, 6.07) is 15.2. The maximum Gasteiger partial charge on any atom is 0.262 e.